The van der Waals surface area contributed by atoms with Crippen molar-refractivity contribution < 1.29 is 9.53 Å². The predicted octanol–water partition coefficient (Wildman–Crippen LogP) is 3.95. The molecule has 0 aromatic heterocycles. The first-order valence-corrected chi connectivity index (χ1v) is 6.89. The highest BCUT2D eigenvalue weighted by atomic mass is 79.9. The Labute approximate surface area is 130 Å². The van der Waals surface area contributed by atoms with Gasteiger partial charge in [0, 0.05) is 11.8 Å². The molecular weight excluding hydrogens is 344 g/mol. The molecule has 104 valence electrons. The molecule has 2 aromatic rings. The zero-order valence-corrected chi connectivity index (χ0v) is 13.0. The van der Waals surface area contributed by atoms with Crippen LogP contribution in [0.25, 0.3) is 0 Å². The summed E-state index contributed by atoms with van der Waals surface area (Å²) >= 11 is 9.30. The van der Waals surface area contributed by atoms with Crippen molar-refractivity contribution >= 4 is 44.8 Å². The van der Waals surface area contributed by atoms with E-state index >= 15 is 0 Å². The van der Waals surface area contributed by atoms with Gasteiger partial charge in [0.25, 0.3) is 5.91 Å². The lowest BCUT2D eigenvalue weighted by molar-refractivity contribution is 0.102. The molecule has 0 aliphatic rings. The number of carbonyl (C=O) groups excluding carboxylic acids is 1. The number of hydrogen-bond acceptors (Lipinski definition) is 3. The molecule has 0 bridgehead atoms. The van der Waals surface area contributed by atoms with Gasteiger partial charge in [0.15, 0.2) is 0 Å². The third kappa shape index (κ3) is 3.05. The molecule has 0 spiro atoms. The van der Waals surface area contributed by atoms with Crippen LogP contribution in [0.4, 0.5) is 11.4 Å². The fourth-order valence-electron chi connectivity index (χ4n) is 1.66. The van der Waals surface area contributed by atoms with E-state index in [1.54, 1.807) is 36.4 Å². The fraction of sp³-hybridized carbons (Fsp3) is 0.0714. The molecule has 2 rings (SSSR count). The minimum Gasteiger partial charge on any atom is -0.497 e. The highest BCUT2D eigenvalue weighted by Crippen LogP contribution is 2.30. The largest absolute Gasteiger partial charge is 0.497 e. The number of amides is 1. The Bertz CT molecular complexity index is 662. The highest BCUT2D eigenvalue weighted by Gasteiger charge is 2.13. The van der Waals surface area contributed by atoms with Crippen LogP contribution in [0.1, 0.15) is 10.4 Å². The second-order valence-electron chi connectivity index (χ2n) is 4.01. The molecule has 0 aliphatic heterocycles. The lowest BCUT2D eigenvalue weighted by Crippen LogP contribution is -2.14. The minimum absolute atomic E-state index is 0.312. The van der Waals surface area contributed by atoms with Gasteiger partial charge >= 0.3 is 0 Å². The Morgan fingerprint density at radius 2 is 2.10 bits per heavy atom. The van der Waals surface area contributed by atoms with Crippen molar-refractivity contribution in [2.75, 3.05) is 18.2 Å². The normalized spacial score (nSPS) is 10.2. The van der Waals surface area contributed by atoms with E-state index in [2.05, 4.69) is 21.2 Å². The molecule has 0 fully saturated rings. The standard InChI is InChI=1S/C14H12BrClN2O2/c1-20-8-5-6-9(11(17)7-8)14(19)18-12-4-2-3-10(16)13(12)15/h2-7H,17H2,1H3,(H,18,19). The van der Waals surface area contributed by atoms with Gasteiger partial charge in [-0.25, -0.2) is 0 Å². The summed E-state index contributed by atoms with van der Waals surface area (Å²) in [6.07, 6.45) is 0. The van der Waals surface area contributed by atoms with Crippen LogP contribution < -0.4 is 15.8 Å². The monoisotopic (exact) mass is 354 g/mol. The minimum atomic E-state index is -0.312. The van der Waals surface area contributed by atoms with E-state index in [-0.39, 0.29) is 5.91 Å². The van der Waals surface area contributed by atoms with E-state index in [1.807, 2.05) is 0 Å². The number of anilines is 2. The van der Waals surface area contributed by atoms with Crippen LogP contribution >= 0.6 is 27.5 Å². The molecule has 4 nitrogen and oxygen atoms in total. The zero-order chi connectivity index (χ0) is 14.7. The molecule has 0 heterocycles. The maximum atomic E-state index is 12.2. The quantitative estimate of drug-likeness (QED) is 0.820. The number of nitrogens with one attached hydrogen (secondary N) is 1. The molecule has 3 N–H and O–H groups in total. The summed E-state index contributed by atoms with van der Waals surface area (Å²) in [5.74, 6) is 0.288. The number of halogens is 2. The van der Waals surface area contributed by atoms with Gasteiger partial charge < -0.3 is 15.8 Å². The maximum absolute atomic E-state index is 12.2. The van der Waals surface area contributed by atoms with Crippen molar-refractivity contribution in [3.8, 4) is 5.75 Å². The second-order valence-corrected chi connectivity index (χ2v) is 5.21. The highest BCUT2D eigenvalue weighted by molar-refractivity contribution is 9.10. The first kappa shape index (κ1) is 14.7. The first-order valence-electron chi connectivity index (χ1n) is 5.72. The van der Waals surface area contributed by atoms with Crippen LogP contribution in [0.2, 0.25) is 5.02 Å². The molecular formula is C14H12BrClN2O2. The van der Waals surface area contributed by atoms with Gasteiger partial charge in [-0.2, -0.15) is 0 Å². The second kappa shape index (κ2) is 6.15. The van der Waals surface area contributed by atoms with Crippen molar-refractivity contribution in [1.29, 1.82) is 0 Å². The Morgan fingerprint density at radius 3 is 2.75 bits per heavy atom. The van der Waals surface area contributed by atoms with Crippen molar-refractivity contribution in [3.05, 3.63) is 51.5 Å². The number of nitrogen functional groups attached to an aromatic ring is 1. The molecule has 20 heavy (non-hydrogen) atoms. The SMILES string of the molecule is COc1ccc(C(=O)Nc2cccc(Cl)c2Br)c(N)c1. The third-order valence-corrected chi connectivity index (χ3v) is 4.10. The van der Waals surface area contributed by atoms with Gasteiger partial charge in [0.05, 0.1) is 27.9 Å². The molecule has 6 heteroatoms. The van der Waals surface area contributed by atoms with E-state index in [0.717, 1.165) is 0 Å². The van der Waals surface area contributed by atoms with Crippen LogP contribution in [0.15, 0.2) is 40.9 Å². The Kier molecular flexibility index (Phi) is 4.52. The van der Waals surface area contributed by atoms with Crippen molar-refractivity contribution in [2.24, 2.45) is 0 Å². The van der Waals surface area contributed by atoms with Crippen molar-refractivity contribution in [2.45, 2.75) is 0 Å². The summed E-state index contributed by atoms with van der Waals surface area (Å²) in [7, 11) is 1.54. The molecule has 0 radical (unpaired) electrons. The van der Waals surface area contributed by atoms with Gasteiger partial charge in [-0.3, -0.25) is 4.79 Å². The molecule has 2 aromatic carbocycles. The summed E-state index contributed by atoms with van der Waals surface area (Å²) < 4.78 is 5.67. The smallest absolute Gasteiger partial charge is 0.257 e. The third-order valence-electron chi connectivity index (χ3n) is 2.70. The maximum Gasteiger partial charge on any atom is 0.257 e. The number of carbonyl (C=O) groups is 1. The average molecular weight is 356 g/mol. The number of hydrogen-bond donors (Lipinski definition) is 2. The van der Waals surface area contributed by atoms with Crippen LogP contribution in [0.3, 0.4) is 0 Å². The average Bonchev–Trinajstić information content (AvgIpc) is 2.43. The summed E-state index contributed by atoms with van der Waals surface area (Å²) in [6.45, 7) is 0. The van der Waals surface area contributed by atoms with Gasteiger partial charge in [-0.1, -0.05) is 17.7 Å². The summed E-state index contributed by atoms with van der Waals surface area (Å²) in [6, 6.07) is 10.1. The molecule has 0 unspecified atom stereocenters. The zero-order valence-electron chi connectivity index (χ0n) is 10.6. The van der Waals surface area contributed by atoms with Crippen LogP contribution in [-0.2, 0) is 0 Å². The number of methoxy groups -OCH3 is 1. The topological polar surface area (TPSA) is 64.3 Å². The summed E-state index contributed by atoms with van der Waals surface area (Å²) in [5, 5.41) is 3.27. The number of rotatable bonds is 3. The number of nitrogens with two attached hydrogens (primary N) is 1. The lowest BCUT2D eigenvalue weighted by atomic mass is 10.1. The number of ether oxygens (including phenoxy) is 1. The van der Waals surface area contributed by atoms with E-state index in [1.165, 1.54) is 7.11 Å². The predicted molar refractivity (Wildman–Crippen MR) is 84.5 cm³/mol. The molecule has 0 saturated carbocycles. The van der Waals surface area contributed by atoms with E-state index in [0.29, 0.717) is 32.2 Å². The Balaban J connectivity index is 2.26. The van der Waals surface area contributed by atoms with Crippen LogP contribution in [0.5, 0.6) is 5.75 Å². The van der Waals surface area contributed by atoms with Crippen LogP contribution in [-0.4, -0.2) is 13.0 Å². The Hall–Kier alpha value is -1.72. The van der Waals surface area contributed by atoms with Gasteiger partial charge in [0.2, 0.25) is 0 Å². The summed E-state index contributed by atoms with van der Waals surface area (Å²) in [4.78, 5) is 12.2. The van der Waals surface area contributed by atoms with Crippen molar-refractivity contribution in [3.63, 3.8) is 0 Å². The van der Waals surface area contributed by atoms with Gasteiger partial charge in [0.1, 0.15) is 5.75 Å². The van der Waals surface area contributed by atoms with Gasteiger partial charge in [-0.05, 0) is 40.2 Å². The molecule has 0 atom stereocenters. The van der Waals surface area contributed by atoms with Crippen LogP contribution in [0, 0.1) is 0 Å². The van der Waals surface area contributed by atoms with E-state index < -0.39 is 0 Å². The van der Waals surface area contributed by atoms with Gasteiger partial charge in [-0.15, -0.1) is 0 Å². The molecule has 0 saturated heterocycles. The lowest BCUT2D eigenvalue weighted by Gasteiger charge is -2.10. The first-order chi connectivity index (χ1) is 9.52. The number of benzene rings is 2. The van der Waals surface area contributed by atoms with Crippen molar-refractivity contribution in [1.82, 2.24) is 0 Å². The Morgan fingerprint density at radius 1 is 1.35 bits per heavy atom. The molecule has 0 aliphatic carbocycles. The van der Waals surface area contributed by atoms with E-state index in [4.69, 9.17) is 22.1 Å². The summed E-state index contributed by atoms with van der Waals surface area (Å²) in [5.41, 5.74) is 7.14. The fourth-order valence-corrected chi connectivity index (χ4v) is 2.20. The molecule has 1 amide bonds. The van der Waals surface area contributed by atoms with E-state index in [9.17, 15) is 4.79 Å².